The molecular weight excluding hydrogens is 208 g/mol. The molecule has 1 N–H and O–H groups in total. The van der Waals surface area contributed by atoms with Crippen LogP contribution >= 0.6 is 11.8 Å². The van der Waals surface area contributed by atoms with Crippen molar-refractivity contribution in [1.82, 2.24) is 4.98 Å². The zero-order valence-electron chi connectivity index (χ0n) is 9.49. The molecule has 15 heavy (non-hydrogen) atoms. The highest BCUT2D eigenvalue weighted by molar-refractivity contribution is 7.98. The Hall–Kier alpha value is -0.900. The monoisotopic (exact) mass is 226 g/mol. The molecule has 0 amide bonds. The number of hydrogen-bond acceptors (Lipinski definition) is 4. The first-order valence-corrected chi connectivity index (χ1v) is 6.39. The molecule has 0 bridgehead atoms. The molecule has 4 heteroatoms. The van der Waals surface area contributed by atoms with Crippen molar-refractivity contribution in [1.29, 1.82) is 0 Å². The number of nitrogens with zero attached hydrogens (tertiary/aromatic N) is 1. The molecule has 84 valence electrons. The number of pyridine rings is 1. The van der Waals surface area contributed by atoms with Crippen molar-refractivity contribution in [3.05, 3.63) is 18.2 Å². The molecule has 1 aromatic rings. The minimum atomic E-state index is 0.646. The molecule has 0 aliphatic carbocycles. The Kier molecular flexibility index (Phi) is 5.32. The van der Waals surface area contributed by atoms with Crippen LogP contribution in [-0.2, 0) is 0 Å². The summed E-state index contributed by atoms with van der Waals surface area (Å²) in [7, 11) is 1.63. The molecule has 0 fully saturated rings. The van der Waals surface area contributed by atoms with Gasteiger partial charge in [-0.3, -0.25) is 0 Å². The van der Waals surface area contributed by atoms with Gasteiger partial charge in [-0.15, -0.1) is 0 Å². The van der Waals surface area contributed by atoms with Crippen LogP contribution < -0.4 is 10.1 Å². The fourth-order valence-electron chi connectivity index (χ4n) is 1.25. The van der Waals surface area contributed by atoms with Crippen molar-refractivity contribution >= 4 is 17.6 Å². The summed E-state index contributed by atoms with van der Waals surface area (Å²) < 4.78 is 5.05. The Balaban J connectivity index is 2.43. The van der Waals surface area contributed by atoms with Crippen molar-refractivity contribution in [2.45, 2.75) is 6.92 Å². The highest BCUT2D eigenvalue weighted by Crippen LogP contribution is 2.12. The first-order valence-electron chi connectivity index (χ1n) is 5.00. The largest absolute Gasteiger partial charge is 0.481 e. The lowest BCUT2D eigenvalue weighted by molar-refractivity contribution is 0.398. The van der Waals surface area contributed by atoms with Crippen molar-refractivity contribution in [2.75, 3.05) is 31.0 Å². The van der Waals surface area contributed by atoms with Gasteiger partial charge in [-0.25, -0.2) is 0 Å². The molecule has 0 aliphatic rings. The van der Waals surface area contributed by atoms with E-state index in [4.69, 9.17) is 4.74 Å². The smallest absolute Gasteiger partial charge is 0.214 e. The lowest BCUT2D eigenvalue weighted by Crippen LogP contribution is -2.14. The molecule has 0 aromatic carbocycles. The predicted octanol–water partition coefficient (Wildman–Crippen LogP) is 2.50. The maximum absolute atomic E-state index is 5.05. The van der Waals surface area contributed by atoms with Gasteiger partial charge in [-0.05, 0) is 24.0 Å². The Bertz CT molecular complexity index is 294. The summed E-state index contributed by atoms with van der Waals surface area (Å²) >= 11 is 1.87. The van der Waals surface area contributed by atoms with Crippen LogP contribution in [0.2, 0.25) is 0 Å². The van der Waals surface area contributed by atoms with Gasteiger partial charge in [0.15, 0.2) is 0 Å². The minimum Gasteiger partial charge on any atom is -0.481 e. The normalized spacial score (nSPS) is 12.2. The average Bonchev–Trinajstić information content (AvgIpc) is 2.27. The van der Waals surface area contributed by atoms with E-state index in [1.54, 1.807) is 7.11 Å². The first-order chi connectivity index (χ1) is 7.26. The van der Waals surface area contributed by atoms with Gasteiger partial charge in [0.05, 0.1) is 7.11 Å². The average molecular weight is 226 g/mol. The fraction of sp³-hybridized carbons (Fsp3) is 0.545. The van der Waals surface area contributed by atoms with Gasteiger partial charge in [0, 0.05) is 12.6 Å². The molecule has 1 rings (SSSR count). The lowest BCUT2D eigenvalue weighted by atomic mass is 10.2. The number of anilines is 1. The molecule has 1 atom stereocenters. The van der Waals surface area contributed by atoms with Crippen molar-refractivity contribution in [3.8, 4) is 5.88 Å². The Morgan fingerprint density at radius 1 is 1.53 bits per heavy atom. The number of aromatic nitrogens is 1. The number of hydrogen-bond donors (Lipinski definition) is 1. The first kappa shape index (κ1) is 12.2. The molecular formula is C11H18N2OS. The Morgan fingerprint density at radius 3 is 3.00 bits per heavy atom. The number of ether oxygens (including phenoxy) is 1. The summed E-state index contributed by atoms with van der Waals surface area (Å²) in [5, 5.41) is 3.30. The number of methoxy groups -OCH3 is 1. The fourth-order valence-corrected chi connectivity index (χ4v) is 1.94. The molecule has 1 aromatic heterocycles. The second-order valence-corrected chi connectivity index (χ2v) is 4.42. The molecule has 0 saturated heterocycles. The second kappa shape index (κ2) is 6.56. The third kappa shape index (κ3) is 4.42. The molecule has 1 heterocycles. The van der Waals surface area contributed by atoms with Gasteiger partial charge in [-0.1, -0.05) is 13.0 Å². The summed E-state index contributed by atoms with van der Waals surface area (Å²) in [5.41, 5.74) is 0. The summed E-state index contributed by atoms with van der Waals surface area (Å²) in [6.07, 6.45) is 2.13. The molecule has 0 aliphatic heterocycles. The summed E-state index contributed by atoms with van der Waals surface area (Å²) in [6, 6.07) is 5.73. The van der Waals surface area contributed by atoms with Gasteiger partial charge in [0.1, 0.15) is 5.82 Å². The standard InChI is InChI=1S/C11H18N2OS/c1-9(8-15-3)7-12-10-5-4-6-11(13-10)14-2/h4-6,9H,7-8H2,1-3H3,(H,12,13). The molecule has 1 unspecified atom stereocenters. The van der Waals surface area contributed by atoms with Crippen LogP contribution in [0.25, 0.3) is 0 Å². The van der Waals surface area contributed by atoms with Crippen LogP contribution in [-0.4, -0.2) is 30.6 Å². The molecule has 3 nitrogen and oxygen atoms in total. The number of thioether (sulfide) groups is 1. The second-order valence-electron chi connectivity index (χ2n) is 3.51. The van der Waals surface area contributed by atoms with Crippen LogP contribution in [0.5, 0.6) is 5.88 Å². The Morgan fingerprint density at radius 2 is 2.33 bits per heavy atom. The van der Waals surface area contributed by atoms with Crippen LogP contribution in [0.1, 0.15) is 6.92 Å². The highest BCUT2D eigenvalue weighted by atomic mass is 32.2. The van der Waals surface area contributed by atoms with E-state index in [2.05, 4.69) is 23.5 Å². The van der Waals surface area contributed by atoms with E-state index >= 15 is 0 Å². The van der Waals surface area contributed by atoms with Gasteiger partial charge < -0.3 is 10.1 Å². The zero-order valence-corrected chi connectivity index (χ0v) is 10.3. The van der Waals surface area contributed by atoms with Crippen molar-refractivity contribution < 1.29 is 4.74 Å². The van der Waals surface area contributed by atoms with E-state index < -0.39 is 0 Å². The number of nitrogens with one attached hydrogen (secondary N) is 1. The molecule has 0 spiro atoms. The van der Waals surface area contributed by atoms with E-state index in [0.717, 1.165) is 18.1 Å². The summed E-state index contributed by atoms with van der Waals surface area (Å²) in [5.74, 6) is 3.34. The lowest BCUT2D eigenvalue weighted by Gasteiger charge is -2.11. The third-order valence-corrected chi connectivity index (χ3v) is 2.92. The van der Waals surface area contributed by atoms with Gasteiger partial charge in [0.2, 0.25) is 5.88 Å². The molecule has 0 saturated carbocycles. The van der Waals surface area contributed by atoms with Crippen molar-refractivity contribution in [3.63, 3.8) is 0 Å². The maximum Gasteiger partial charge on any atom is 0.214 e. The minimum absolute atomic E-state index is 0.646. The van der Waals surface area contributed by atoms with Crippen LogP contribution in [0.4, 0.5) is 5.82 Å². The molecule has 0 radical (unpaired) electrons. The van der Waals surface area contributed by atoms with Gasteiger partial charge in [-0.2, -0.15) is 16.7 Å². The predicted molar refractivity (Wildman–Crippen MR) is 66.8 cm³/mol. The van der Waals surface area contributed by atoms with Crippen LogP contribution in [0, 0.1) is 5.92 Å². The topological polar surface area (TPSA) is 34.1 Å². The van der Waals surface area contributed by atoms with Gasteiger partial charge >= 0.3 is 0 Å². The van der Waals surface area contributed by atoms with Crippen LogP contribution in [0.15, 0.2) is 18.2 Å². The maximum atomic E-state index is 5.05. The van der Waals surface area contributed by atoms with E-state index in [-0.39, 0.29) is 0 Å². The third-order valence-electron chi connectivity index (χ3n) is 2.02. The Labute approximate surface area is 95.6 Å². The van der Waals surface area contributed by atoms with Crippen molar-refractivity contribution in [2.24, 2.45) is 5.92 Å². The van der Waals surface area contributed by atoms with Gasteiger partial charge in [0.25, 0.3) is 0 Å². The zero-order chi connectivity index (χ0) is 11.1. The van der Waals surface area contributed by atoms with E-state index in [1.165, 1.54) is 0 Å². The van der Waals surface area contributed by atoms with E-state index in [0.29, 0.717) is 11.8 Å². The summed E-state index contributed by atoms with van der Waals surface area (Å²) in [4.78, 5) is 4.28. The summed E-state index contributed by atoms with van der Waals surface area (Å²) in [6.45, 7) is 3.17. The number of rotatable bonds is 6. The van der Waals surface area contributed by atoms with Crippen LogP contribution in [0.3, 0.4) is 0 Å². The SMILES string of the molecule is COc1cccc(NCC(C)CSC)n1. The quantitative estimate of drug-likeness (QED) is 0.808. The highest BCUT2D eigenvalue weighted by Gasteiger charge is 2.01. The van der Waals surface area contributed by atoms with E-state index in [1.807, 2.05) is 30.0 Å². The van der Waals surface area contributed by atoms with E-state index in [9.17, 15) is 0 Å².